The first-order chi connectivity index (χ1) is 23.9. The summed E-state index contributed by atoms with van der Waals surface area (Å²) in [5.41, 5.74) is 13.7. The fourth-order valence-corrected chi connectivity index (χ4v) is 10.4. The summed E-state index contributed by atoms with van der Waals surface area (Å²) in [6, 6.07) is 45.5. The van der Waals surface area contributed by atoms with Gasteiger partial charge in [-0.25, -0.2) is 6.07 Å². The zero-order chi connectivity index (χ0) is 35.1. The van der Waals surface area contributed by atoms with E-state index in [9.17, 15) is 0 Å². The molecule has 0 saturated heterocycles. The zero-order valence-electron chi connectivity index (χ0n) is 31.5. The molecule has 51 heavy (non-hydrogen) atoms. The second kappa shape index (κ2) is 15.3. The first kappa shape index (κ1) is 38.0. The monoisotopic (exact) mass is 767 g/mol. The summed E-state index contributed by atoms with van der Waals surface area (Å²) in [5, 5.41) is 0. The molecule has 0 aromatic heterocycles. The Morgan fingerprint density at radius 3 is 1.73 bits per heavy atom. The quantitative estimate of drug-likeness (QED) is 0.158. The van der Waals surface area contributed by atoms with E-state index in [1.807, 2.05) is 0 Å². The summed E-state index contributed by atoms with van der Waals surface area (Å²) < 4.78 is 1.42. The first-order valence-corrected chi connectivity index (χ1v) is 20.2. The van der Waals surface area contributed by atoms with Crippen molar-refractivity contribution < 1.29 is 36.6 Å². The summed E-state index contributed by atoms with van der Waals surface area (Å²) in [6.45, 7) is 13.6. The number of hydrogen-bond donors (Lipinski definition) is 0. The summed E-state index contributed by atoms with van der Waals surface area (Å²) in [4.78, 5) is 0. The van der Waals surface area contributed by atoms with Gasteiger partial charge >= 0.3 is 99.2 Å². The Morgan fingerprint density at radius 1 is 0.686 bits per heavy atom. The number of hydrogen-bond acceptors (Lipinski definition) is 0. The van der Waals surface area contributed by atoms with Crippen LogP contribution in [0, 0.1) is 23.8 Å². The van der Waals surface area contributed by atoms with E-state index in [1.165, 1.54) is 91.2 Å². The van der Waals surface area contributed by atoms with Crippen molar-refractivity contribution >= 4 is 3.21 Å². The van der Waals surface area contributed by atoms with Crippen molar-refractivity contribution in [2.45, 2.75) is 103 Å². The predicted molar refractivity (Wildman–Crippen MR) is 209 cm³/mol. The summed E-state index contributed by atoms with van der Waals surface area (Å²) in [5.74, 6) is 3.23. The van der Waals surface area contributed by atoms with Crippen molar-refractivity contribution in [3.8, 4) is 11.1 Å². The summed E-state index contributed by atoms with van der Waals surface area (Å²) in [6.07, 6.45) is 10.2. The van der Waals surface area contributed by atoms with Gasteiger partial charge in [-0.15, -0.1) is 11.1 Å². The molecule has 2 heteroatoms. The molecule has 10 rings (SSSR count). The molecule has 4 saturated carbocycles. The Morgan fingerprint density at radius 2 is 1.24 bits per heavy atom. The number of rotatable bonds is 3. The molecule has 0 atom stereocenters. The standard InChI is InChI=1S/C21H25.C15H19.C13H10.ClH.Zr/c1-20(2,3)16-7-9-18-14(12-16)11-15-13-17(21(4,5)6)8-10-19(15)18;1-2-4-14(3-1)15-8-11-5-12(9-15)7-13(6-11)10-15;1-3-7-12(8-4-1)11-13-9-5-2-6-10-13;;/h7-10,12H,11H2,1-6H3;1-4,11-13H,5-10H2;1-10H;1H;/q2*-1;;;/p-1. The average Bonchev–Trinajstić information content (AvgIpc) is 3.77. The van der Waals surface area contributed by atoms with E-state index in [2.05, 4.69) is 163 Å². The molecular weight excluding hydrogens is 715 g/mol. The van der Waals surface area contributed by atoms with Crippen LogP contribution in [-0.4, -0.2) is 3.21 Å². The molecule has 5 aromatic rings. The molecule has 0 amide bonds. The van der Waals surface area contributed by atoms with E-state index in [0.29, 0.717) is 5.41 Å². The molecular formula is C49H54ClZr-3. The third-order valence-electron chi connectivity index (χ3n) is 11.9. The Kier molecular flexibility index (Phi) is 11.4. The van der Waals surface area contributed by atoms with E-state index in [0.717, 1.165) is 24.2 Å². The molecule has 0 N–H and O–H groups in total. The molecule has 0 radical (unpaired) electrons. The molecule has 5 aromatic carbocycles. The number of benzene rings is 4. The fraction of sp³-hybridized carbons (Fsp3) is 0.388. The van der Waals surface area contributed by atoms with Gasteiger partial charge in [0.1, 0.15) is 0 Å². The molecule has 264 valence electrons. The van der Waals surface area contributed by atoms with E-state index in [-0.39, 0.29) is 23.2 Å². The van der Waals surface area contributed by atoms with E-state index < -0.39 is 0 Å². The topological polar surface area (TPSA) is 0 Å². The molecule has 0 aliphatic heterocycles. The predicted octanol–water partition coefficient (Wildman–Crippen LogP) is 9.33. The molecule has 0 unspecified atom stereocenters. The van der Waals surface area contributed by atoms with Crippen LogP contribution in [0.25, 0.3) is 11.1 Å². The largest absolute Gasteiger partial charge is 0.210 e. The van der Waals surface area contributed by atoms with Crippen molar-refractivity contribution in [1.82, 2.24) is 0 Å². The SMILES string of the molecule is CC(C)(C)c1[c-]c2c(cc1)-c1ccc(C(C)(C)C)cc1C2.[Cl-].[Zr]=[C](c1ccccc1)c1ccccc1.c1cc(C23CC4CC(CC(C4)C2)C3)c[cH-]1. The van der Waals surface area contributed by atoms with Crippen LogP contribution in [0.4, 0.5) is 0 Å². The Labute approximate surface area is 329 Å². The van der Waals surface area contributed by atoms with Crippen molar-refractivity contribution in [2.75, 3.05) is 0 Å². The van der Waals surface area contributed by atoms with Gasteiger partial charge in [0.05, 0.1) is 0 Å². The first-order valence-electron chi connectivity index (χ1n) is 19.0. The average molecular weight is 770 g/mol. The van der Waals surface area contributed by atoms with Gasteiger partial charge in [-0.1, -0.05) is 90.0 Å². The van der Waals surface area contributed by atoms with Gasteiger partial charge < -0.3 is 12.4 Å². The maximum absolute atomic E-state index is 3.67. The number of halogens is 1. The normalized spacial score (nSPS) is 22.3. The maximum atomic E-state index is 3.67. The number of fused-ring (bicyclic) bond motifs is 3. The van der Waals surface area contributed by atoms with E-state index in [1.54, 1.807) is 24.8 Å². The van der Waals surface area contributed by atoms with Crippen LogP contribution in [0.3, 0.4) is 0 Å². The van der Waals surface area contributed by atoms with Gasteiger partial charge in [-0.3, -0.25) is 0 Å². The summed E-state index contributed by atoms with van der Waals surface area (Å²) in [7, 11) is 0. The Balaban J connectivity index is 0.000000134. The van der Waals surface area contributed by atoms with E-state index >= 15 is 0 Å². The van der Waals surface area contributed by atoms with E-state index in [4.69, 9.17) is 0 Å². The Bertz CT molecular complexity index is 1780. The summed E-state index contributed by atoms with van der Waals surface area (Å²) >= 11 is 1.46. The molecule has 0 nitrogen and oxygen atoms in total. The van der Waals surface area contributed by atoms with Crippen LogP contribution in [-0.2, 0) is 46.9 Å². The van der Waals surface area contributed by atoms with Crippen molar-refractivity contribution in [3.05, 3.63) is 160 Å². The Hall–Kier alpha value is -2.73. The molecule has 0 spiro atoms. The molecule has 4 bridgehead atoms. The molecule has 5 aliphatic rings. The molecule has 0 heterocycles. The van der Waals surface area contributed by atoms with Crippen LogP contribution >= 0.6 is 0 Å². The second-order valence-electron chi connectivity index (χ2n) is 17.8. The van der Waals surface area contributed by atoms with Crippen molar-refractivity contribution in [3.63, 3.8) is 0 Å². The van der Waals surface area contributed by atoms with Crippen LogP contribution in [0.1, 0.15) is 119 Å². The van der Waals surface area contributed by atoms with Gasteiger partial charge in [0, 0.05) is 0 Å². The smallest absolute Gasteiger partial charge is 0.0411 e. The fourth-order valence-electron chi connectivity index (χ4n) is 9.60. The van der Waals surface area contributed by atoms with Gasteiger partial charge in [0.15, 0.2) is 0 Å². The second-order valence-corrected chi connectivity index (χ2v) is 19.0. The van der Waals surface area contributed by atoms with Gasteiger partial charge in [-0.05, 0) is 65.4 Å². The third kappa shape index (κ3) is 8.42. The maximum Gasteiger partial charge on any atom is -0.0411 e. The third-order valence-corrected chi connectivity index (χ3v) is 13.3. The van der Waals surface area contributed by atoms with Crippen molar-refractivity contribution in [2.24, 2.45) is 17.8 Å². The molecule has 5 aliphatic carbocycles. The van der Waals surface area contributed by atoms with Crippen LogP contribution in [0.5, 0.6) is 0 Å². The zero-order valence-corrected chi connectivity index (χ0v) is 34.7. The minimum atomic E-state index is 0. The van der Waals surface area contributed by atoms with Crippen LogP contribution < -0.4 is 12.4 Å². The van der Waals surface area contributed by atoms with Gasteiger partial charge in [-0.2, -0.15) is 47.5 Å². The minimum absolute atomic E-state index is 0. The van der Waals surface area contributed by atoms with Gasteiger partial charge in [0.2, 0.25) is 0 Å². The minimum Gasteiger partial charge on any atom is -0.210 e. The van der Waals surface area contributed by atoms with Crippen LogP contribution in [0.2, 0.25) is 0 Å². The van der Waals surface area contributed by atoms with Crippen molar-refractivity contribution in [1.29, 1.82) is 0 Å². The molecule has 4 fully saturated rings. The van der Waals surface area contributed by atoms with Gasteiger partial charge in [0.25, 0.3) is 0 Å². The van der Waals surface area contributed by atoms with Crippen LogP contribution in [0.15, 0.2) is 115 Å².